The molecule has 0 aliphatic carbocycles. The molecule has 41 heavy (non-hydrogen) atoms. The van der Waals surface area contributed by atoms with Gasteiger partial charge in [-0.1, -0.05) is 36.4 Å². The summed E-state index contributed by atoms with van der Waals surface area (Å²) in [5.41, 5.74) is 4.65. The Bertz CT molecular complexity index is 1610. The number of carboxylic acids is 1. The number of carbonyl (C=O) groups is 3. The highest BCUT2D eigenvalue weighted by molar-refractivity contribution is 5.87. The number of fused-ring (bicyclic) bond motifs is 1. The fourth-order valence-electron chi connectivity index (χ4n) is 4.62. The maximum Gasteiger partial charge on any atom is 0.411 e. The topological polar surface area (TPSA) is 150 Å². The van der Waals surface area contributed by atoms with Crippen molar-refractivity contribution in [2.24, 2.45) is 0 Å². The number of amides is 2. The van der Waals surface area contributed by atoms with Crippen LogP contribution < -0.4 is 21.5 Å². The number of benzene rings is 3. The second-order valence-electron chi connectivity index (χ2n) is 9.69. The van der Waals surface area contributed by atoms with Crippen LogP contribution in [-0.4, -0.2) is 41.2 Å². The number of hydrogen-bond acceptors (Lipinski definition) is 6. The third-order valence-corrected chi connectivity index (χ3v) is 6.71. The van der Waals surface area contributed by atoms with Crippen LogP contribution in [0.5, 0.6) is 0 Å². The molecule has 1 unspecified atom stereocenters. The van der Waals surface area contributed by atoms with E-state index in [1.165, 1.54) is 0 Å². The molecule has 0 saturated heterocycles. The molecular weight excluding hydrogens is 524 g/mol. The van der Waals surface area contributed by atoms with E-state index >= 15 is 0 Å². The first kappa shape index (κ1) is 28.9. The smallest absolute Gasteiger partial charge is 0.411 e. The van der Waals surface area contributed by atoms with Crippen molar-refractivity contribution in [1.82, 2.24) is 10.3 Å². The van der Waals surface area contributed by atoms with E-state index in [0.29, 0.717) is 28.7 Å². The summed E-state index contributed by atoms with van der Waals surface area (Å²) in [7, 11) is 0. The molecule has 212 valence electrons. The Morgan fingerprint density at radius 3 is 2.46 bits per heavy atom. The number of anilines is 2. The number of aromatic nitrogens is 1. The van der Waals surface area contributed by atoms with Crippen LogP contribution in [0.3, 0.4) is 0 Å². The van der Waals surface area contributed by atoms with E-state index in [1.54, 1.807) is 54.7 Å². The molecule has 0 aliphatic heterocycles. The van der Waals surface area contributed by atoms with Crippen molar-refractivity contribution < 1.29 is 24.2 Å². The summed E-state index contributed by atoms with van der Waals surface area (Å²) in [6, 6.07) is 18.7. The van der Waals surface area contributed by atoms with Crippen LogP contribution >= 0.6 is 0 Å². The van der Waals surface area contributed by atoms with Gasteiger partial charge in [0.05, 0.1) is 25.6 Å². The molecule has 0 aliphatic rings. The van der Waals surface area contributed by atoms with Crippen molar-refractivity contribution in [2.45, 2.75) is 32.7 Å². The Kier molecular flexibility index (Phi) is 9.36. The molecule has 1 heterocycles. The largest absolute Gasteiger partial charge is 0.481 e. The summed E-state index contributed by atoms with van der Waals surface area (Å²) in [5, 5.41) is 19.1. The number of rotatable bonds is 11. The van der Waals surface area contributed by atoms with Gasteiger partial charge in [-0.15, -0.1) is 0 Å². The summed E-state index contributed by atoms with van der Waals surface area (Å²) >= 11 is 0. The Balaban J connectivity index is 1.35. The first-order chi connectivity index (χ1) is 19.7. The fourth-order valence-corrected chi connectivity index (χ4v) is 4.62. The third-order valence-electron chi connectivity index (χ3n) is 6.71. The molecule has 0 fully saturated rings. The van der Waals surface area contributed by atoms with Crippen LogP contribution in [0.4, 0.5) is 16.2 Å². The molecule has 0 bridgehead atoms. The number of ether oxygens (including phenoxy) is 1. The van der Waals surface area contributed by atoms with Crippen molar-refractivity contribution in [3.05, 3.63) is 106 Å². The molecule has 4 rings (SSSR count). The highest BCUT2D eigenvalue weighted by atomic mass is 16.5. The minimum absolute atomic E-state index is 0.142. The SMILES string of the molecule is Cc1cccc(C)c1CCOC(=O)Nc1cccc(C(CC(=O)O)NC(=O)CNc2ccc3cc[nH]c(=O)c3c2)c1. The second kappa shape index (κ2) is 13.3. The van der Waals surface area contributed by atoms with E-state index < -0.39 is 24.0 Å². The molecule has 2 amide bonds. The molecule has 5 N–H and O–H groups in total. The molecule has 4 aromatic rings. The Morgan fingerprint density at radius 2 is 1.71 bits per heavy atom. The lowest BCUT2D eigenvalue weighted by atomic mass is 10.0. The monoisotopic (exact) mass is 556 g/mol. The van der Waals surface area contributed by atoms with Crippen molar-refractivity contribution >= 4 is 40.1 Å². The van der Waals surface area contributed by atoms with Gasteiger partial charge in [-0.2, -0.15) is 0 Å². The van der Waals surface area contributed by atoms with Gasteiger partial charge in [0.1, 0.15) is 0 Å². The van der Waals surface area contributed by atoms with Crippen LogP contribution in [-0.2, 0) is 20.7 Å². The molecule has 0 radical (unpaired) electrons. The molecule has 10 nitrogen and oxygen atoms in total. The lowest BCUT2D eigenvalue weighted by Gasteiger charge is -2.19. The molecule has 10 heteroatoms. The third kappa shape index (κ3) is 7.95. The summed E-state index contributed by atoms with van der Waals surface area (Å²) in [5.74, 6) is -1.54. The zero-order valence-corrected chi connectivity index (χ0v) is 22.8. The first-order valence-corrected chi connectivity index (χ1v) is 13.1. The van der Waals surface area contributed by atoms with Gasteiger partial charge in [-0.25, -0.2) is 4.79 Å². The number of pyridine rings is 1. The van der Waals surface area contributed by atoms with Gasteiger partial charge in [-0.05, 0) is 71.8 Å². The first-order valence-electron chi connectivity index (χ1n) is 13.1. The Hall–Kier alpha value is -5.12. The lowest BCUT2D eigenvalue weighted by molar-refractivity contribution is -0.137. The van der Waals surface area contributed by atoms with Crippen LogP contribution in [0.1, 0.15) is 34.7 Å². The van der Waals surface area contributed by atoms with Crippen LogP contribution in [0.15, 0.2) is 77.7 Å². The predicted octanol–water partition coefficient (Wildman–Crippen LogP) is 4.68. The van der Waals surface area contributed by atoms with E-state index in [2.05, 4.69) is 20.9 Å². The van der Waals surface area contributed by atoms with Crippen molar-refractivity contribution in [1.29, 1.82) is 0 Å². The summed E-state index contributed by atoms with van der Waals surface area (Å²) in [6.07, 6.45) is 1.16. The minimum Gasteiger partial charge on any atom is -0.481 e. The van der Waals surface area contributed by atoms with Gasteiger partial charge in [0.15, 0.2) is 0 Å². The zero-order chi connectivity index (χ0) is 29.4. The molecular formula is C31H32N4O6. The van der Waals surface area contributed by atoms with Gasteiger partial charge < -0.3 is 25.5 Å². The highest BCUT2D eigenvalue weighted by Crippen LogP contribution is 2.22. The van der Waals surface area contributed by atoms with Crippen molar-refractivity contribution in [3.8, 4) is 0 Å². The fraction of sp³-hybridized carbons (Fsp3) is 0.226. The second-order valence-corrected chi connectivity index (χ2v) is 9.69. The maximum absolute atomic E-state index is 12.7. The normalized spacial score (nSPS) is 11.5. The molecule has 0 saturated carbocycles. The van der Waals surface area contributed by atoms with Gasteiger partial charge in [-0.3, -0.25) is 19.7 Å². The zero-order valence-electron chi connectivity index (χ0n) is 22.8. The number of aromatic amines is 1. The molecule has 0 spiro atoms. The van der Waals surface area contributed by atoms with Crippen LogP contribution in [0.2, 0.25) is 0 Å². The number of H-pyrrole nitrogens is 1. The Morgan fingerprint density at radius 1 is 0.951 bits per heavy atom. The average Bonchev–Trinajstić information content (AvgIpc) is 2.93. The van der Waals surface area contributed by atoms with Crippen molar-refractivity contribution in [2.75, 3.05) is 23.8 Å². The van der Waals surface area contributed by atoms with Crippen molar-refractivity contribution in [3.63, 3.8) is 0 Å². The number of carbonyl (C=O) groups excluding carboxylic acids is 2. The van der Waals surface area contributed by atoms with E-state index in [9.17, 15) is 24.3 Å². The van der Waals surface area contributed by atoms with E-state index in [1.807, 2.05) is 32.0 Å². The average molecular weight is 557 g/mol. The quantitative estimate of drug-likeness (QED) is 0.180. The number of aryl methyl sites for hydroxylation is 2. The number of carboxylic acid groups (broad SMARTS) is 1. The standard InChI is InChI=1S/C31H32N4O6/c1-19-5-3-6-20(2)25(19)12-14-41-31(40)34-24-8-4-7-22(15-24)27(17-29(37)38)35-28(36)18-33-23-10-9-21-11-13-32-30(39)26(21)16-23/h3-11,13,15-16,27,33H,12,14,17-18H2,1-2H3,(H,32,39)(H,34,40)(H,35,36)(H,37,38). The molecule has 3 aromatic carbocycles. The van der Waals surface area contributed by atoms with Gasteiger partial charge in [0, 0.05) is 29.4 Å². The predicted molar refractivity (Wildman–Crippen MR) is 157 cm³/mol. The Labute approximate surface area is 236 Å². The number of nitrogens with one attached hydrogen (secondary N) is 4. The lowest BCUT2D eigenvalue weighted by Crippen LogP contribution is -2.34. The van der Waals surface area contributed by atoms with Gasteiger partial charge in [0.25, 0.3) is 5.56 Å². The summed E-state index contributed by atoms with van der Waals surface area (Å²) in [4.78, 5) is 51.4. The van der Waals surface area contributed by atoms with Gasteiger partial charge in [0.2, 0.25) is 5.91 Å². The maximum atomic E-state index is 12.7. The highest BCUT2D eigenvalue weighted by Gasteiger charge is 2.19. The van der Waals surface area contributed by atoms with E-state index in [0.717, 1.165) is 22.1 Å². The minimum atomic E-state index is -1.10. The number of aliphatic carboxylic acids is 1. The van der Waals surface area contributed by atoms with E-state index in [-0.39, 0.29) is 25.1 Å². The summed E-state index contributed by atoms with van der Waals surface area (Å²) in [6.45, 7) is 4.09. The molecule has 1 atom stereocenters. The summed E-state index contributed by atoms with van der Waals surface area (Å²) < 4.78 is 5.35. The van der Waals surface area contributed by atoms with Crippen LogP contribution in [0.25, 0.3) is 10.8 Å². The number of hydrogen-bond donors (Lipinski definition) is 5. The molecule has 1 aromatic heterocycles. The van der Waals surface area contributed by atoms with E-state index in [4.69, 9.17) is 4.74 Å². The van der Waals surface area contributed by atoms with Crippen LogP contribution in [0, 0.1) is 13.8 Å². The van der Waals surface area contributed by atoms with Gasteiger partial charge >= 0.3 is 12.1 Å².